The van der Waals surface area contributed by atoms with E-state index in [2.05, 4.69) is 0 Å². The Labute approximate surface area is 97.5 Å². The molecule has 0 spiro atoms. The van der Waals surface area contributed by atoms with Crippen molar-refractivity contribution in [3.05, 3.63) is 35.2 Å². The normalized spacial score (nSPS) is 12.8. The number of hydrogen-bond donors (Lipinski definition) is 2. The minimum absolute atomic E-state index is 0.184. The predicted molar refractivity (Wildman–Crippen MR) is 65.7 cm³/mol. The molecule has 2 rings (SSSR count). The molecule has 1 atom stereocenters. The van der Waals surface area contributed by atoms with E-state index in [0.29, 0.717) is 6.42 Å². The van der Waals surface area contributed by atoms with E-state index in [-0.39, 0.29) is 6.54 Å². The standard InChI is InChI=1S/C12H13NO2S/c13-7-9(12(14)15)6-10-5-8-3-1-2-4-11(8)16-10/h1-5,9H,6-7,13H2,(H,14,15). The molecule has 0 aliphatic heterocycles. The van der Waals surface area contributed by atoms with Crippen LogP contribution in [0.2, 0.25) is 0 Å². The van der Waals surface area contributed by atoms with Gasteiger partial charge in [0.2, 0.25) is 0 Å². The molecule has 1 unspecified atom stereocenters. The summed E-state index contributed by atoms with van der Waals surface area (Å²) in [6, 6.07) is 10.1. The summed E-state index contributed by atoms with van der Waals surface area (Å²) in [4.78, 5) is 12.0. The Morgan fingerprint density at radius 1 is 1.44 bits per heavy atom. The second kappa shape index (κ2) is 4.63. The molecular formula is C12H13NO2S. The van der Waals surface area contributed by atoms with Crippen molar-refractivity contribution >= 4 is 27.4 Å². The molecule has 1 aromatic carbocycles. The summed E-state index contributed by atoms with van der Waals surface area (Å²) in [7, 11) is 0. The Morgan fingerprint density at radius 3 is 2.81 bits per heavy atom. The number of carboxylic acid groups (broad SMARTS) is 1. The second-order valence-corrected chi connectivity index (χ2v) is 4.89. The molecule has 2 aromatic rings. The molecule has 1 aromatic heterocycles. The van der Waals surface area contributed by atoms with E-state index >= 15 is 0 Å². The fourth-order valence-corrected chi connectivity index (χ4v) is 2.80. The Kier molecular flexibility index (Phi) is 3.22. The molecule has 4 heteroatoms. The molecule has 16 heavy (non-hydrogen) atoms. The number of thiophene rings is 1. The van der Waals surface area contributed by atoms with Gasteiger partial charge in [-0.05, 0) is 23.9 Å². The van der Waals surface area contributed by atoms with Crippen LogP contribution in [-0.4, -0.2) is 17.6 Å². The first-order valence-corrected chi connectivity index (χ1v) is 5.92. The van der Waals surface area contributed by atoms with Gasteiger partial charge in [-0.1, -0.05) is 18.2 Å². The third-order valence-electron chi connectivity index (χ3n) is 2.56. The molecule has 1 heterocycles. The summed E-state index contributed by atoms with van der Waals surface area (Å²) < 4.78 is 1.19. The van der Waals surface area contributed by atoms with Gasteiger partial charge in [-0.15, -0.1) is 11.3 Å². The lowest BCUT2D eigenvalue weighted by Crippen LogP contribution is -2.24. The summed E-state index contributed by atoms with van der Waals surface area (Å²) in [5.41, 5.74) is 5.44. The molecule has 0 amide bonds. The van der Waals surface area contributed by atoms with Crippen LogP contribution < -0.4 is 5.73 Å². The van der Waals surface area contributed by atoms with Crippen LogP contribution in [0.15, 0.2) is 30.3 Å². The zero-order valence-electron chi connectivity index (χ0n) is 8.72. The lowest BCUT2D eigenvalue weighted by molar-refractivity contribution is -0.141. The lowest BCUT2D eigenvalue weighted by atomic mass is 10.1. The SMILES string of the molecule is NCC(Cc1cc2ccccc2s1)C(=O)O. The summed E-state index contributed by atoms with van der Waals surface area (Å²) in [5.74, 6) is -1.30. The van der Waals surface area contributed by atoms with E-state index in [4.69, 9.17) is 10.8 Å². The van der Waals surface area contributed by atoms with Gasteiger partial charge >= 0.3 is 5.97 Å². The van der Waals surface area contributed by atoms with Gasteiger partial charge < -0.3 is 10.8 Å². The number of benzene rings is 1. The van der Waals surface area contributed by atoms with Crippen LogP contribution in [0, 0.1) is 5.92 Å². The van der Waals surface area contributed by atoms with Crippen LogP contribution in [0.25, 0.3) is 10.1 Å². The highest BCUT2D eigenvalue weighted by atomic mass is 32.1. The minimum atomic E-state index is -0.819. The molecule has 0 aliphatic rings. The second-order valence-electron chi connectivity index (χ2n) is 3.73. The minimum Gasteiger partial charge on any atom is -0.481 e. The summed E-state index contributed by atoms with van der Waals surface area (Å²) in [6.45, 7) is 0.184. The average molecular weight is 235 g/mol. The van der Waals surface area contributed by atoms with Gasteiger partial charge in [0.1, 0.15) is 0 Å². The first-order chi connectivity index (χ1) is 7.70. The topological polar surface area (TPSA) is 63.3 Å². The predicted octanol–water partition coefficient (Wildman–Crippen LogP) is 2.10. The van der Waals surface area contributed by atoms with Crippen molar-refractivity contribution in [1.29, 1.82) is 0 Å². The smallest absolute Gasteiger partial charge is 0.308 e. The Morgan fingerprint density at radius 2 is 2.19 bits per heavy atom. The molecule has 0 radical (unpaired) electrons. The number of carbonyl (C=O) groups is 1. The van der Waals surface area contributed by atoms with E-state index in [1.165, 1.54) is 10.1 Å². The van der Waals surface area contributed by atoms with Gasteiger partial charge in [-0.2, -0.15) is 0 Å². The van der Waals surface area contributed by atoms with Gasteiger partial charge in [0.15, 0.2) is 0 Å². The van der Waals surface area contributed by atoms with Crippen molar-refractivity contribution in [2.24, 2.45) is 11.7 Å². The van der Waals surface area contributed by atoms with Gasteiger partial charge in [0.05, 0.1) is 5.92 Å². The average Bonchev–Trinajstić information content (AvgIpc) is 2.67. The first kappa shape index (κ1) is 11.1. The summed E-state index contributed by atoms with van der Waals surface area (Å²) in [5, 5.41) is 10.1. The third-order valence-corrected chi connectivity index (χ3v) is 3.70. The maximum absolute atomic E-state index is 10.9. The van der Waals surface area contributed by atoms with Crippen LogP contribution in [-0.2, 0) is 11.2 Å². The Bertz CT molecular complexity index is 473. The summed E-state index contributed by atoms with van der Waals surface area (Å²) in [6.07, 6.45) is 0.519. The van der Waals surface area contributed by atoms with Crippen LogP contribution in [0.3, 0.4) is 0 Å². The maximum atomic E-state index is 10.9. The highest BCUT2D eigenvalue weighted by molar-refractivity contribution is 7.19. The number of fused-ring (bicyclic) bond motifs is 1. The molecule has 3 nitrogen and oxygen atoms in total. The number of hydrogen-bond acceptors (Lipinski definition) is 3. The van der Waals surface area contributed by atoms with Gasteiger partial charge in [0.25, 0.3) is 0 Å². The molecule has 0 saturated heterocycles. The van der Waals surface area contributed by atoms with Crippen molar-refractivity contribution in [3.63, 3.8) is 0 Å². The highest BCUT2D eigenvalue weighted by Gasteiger charge is 2.17. The fraction of sp³-hybridized carbons (Fsp3) is 0.250. The largest absolute Gasteiger partial charge is 0.481 e. The first-order valence-electron chi connectivity index (χ1n) is 5.11. The summed E-state index contributed by atoms with van der Waals surface area (Å²) >= 11 is 1.64. The molecule has 0 bridgehead atoms. The Balaban J connectivity index is 2.24. The molecule has 84 valence electrons. The number of aliphatic carboxylic acids is 1. The van der Waals surface area contributed by atoms with Crippen molar-refractivity contribution in [3.8, 4) is 0 Å². The van der Waals surface area contributed by atoms with Crippen LogP contribution in [0.1, 0.15) is 4.88 Å². The van der Waals surface area contributed by atoms with E-state index in [1.807, 2.05) is 30.3 Å². The number of nitrogens with two attached hydrogens (primary N) is 1. The molecule has 0 saturated carbocycles. The van der Waals surface area contributed by atoms with Crippen molar-refractivity contribution in [2.75, 3.05) is 6.54 Å². The number of rotatable bonds is 4. The monoisotopic (exact) mass is 235 g/mol. The highest BCUT2D eigenvalue weighted by Crippen LogP contribution is 2.27. The van der Waals surface area contributed by atoms with Crippen molar-refractivity contribution in [1.82, 2.24) is 0 Å². The quantitative estimate of drug-likeness (QED) is 0.853. The molecule has 0 fully saturated rings. The Hall–Kier alpha value is -1.39. The van der Waals surface area contributed by atoms with Gasteiger partial charge in [-0.3, -0.25) is 4.79 Å². The van der Waals surface area contributed by atoms with Crippen molar-refractivity contribution in [2.45, 2.75) is 6.42 Å². The van der Waals surface area contributed by atoms with Crippen LogP contribution >= 0.6 is 11.3 Å². The zero-order chi connectivity index (χ0) is 11.5. The van der Waals surface area contributed by atoms with Crippen LogP contribution in [0.5, 0.6) is 0 Å². The number of carboxylic acids is 1. The molecule has 0 aliphatic carbocycles. The third kappa shape index (κ3) is 2.23. The zero-order valence-corrected chi connectivity index (χ0v) is 9.54. The molecular weight excluding hydrogens is 222 g/mol. The van der Waals surface area contributed by atoms with E-state index in [0.717, 1.165) is 4.88 Å². The van der Waals surface area contributed by atoms with Gasteiger partial charge in [-0.25, -0.2) is 0 Å². The van der Waals surface area contributed by atoms with E-state index in [1.54, 1.807) is 11.3 Å². The molecule has 3 N–H and O–H groups in total. The van der Waals surface area contributed by atoms with E-state index < -0.39 is 11.9 Å². The maximum Gasteiger partial charge on any atom is 0.308 e. The van der Waals surface area contributed by atoms with E-state index in [9.17, 15) is 4.79 Å². The fourth-order valence-electron chi connectivity index (χ4n) is 1.65. The van der Waals surface area contributed by atoms with Gasteiger partial charge in [0, 0.05) is 16.1 Å². The van der Waals surface area contributed by atoms with Crippen LogP contribution in [0.4, 0.5) is 0 Å². The van der Waals surface area contributed by atoms with Crippen molar-refractivity contribution < 1.29 is 9.90 Å². The lowest BCUT2D eigenvalue weighted by Gasteiger charge is -2.06.